The van der Waals surface area contributed by atoms with Crippen LogP contribution in [0, 0.1) is 5.41 Å². The lowest BCUT2D eigenvalue weighted by Crippen LogP contribution is -2.50. The molecule has 9 rings (SSSR count). The van der Waals surface area contributed by atoms with E-state index < -0.39 is 30.3 Å². The summed E-state index contributed by atoms with van der Waals surface area (Å²) in [5.74, 6) is 0.127. The summed E-state index contributed by atoms with van der Waals surface area (Å²) >= 11 is 0. The zero-order valence-electron chi connectivity index (χ0n) is 36.2. The summed E-state index contributed by atoms with van der Waals surface area (Å²) in [7, 11) is 2.53. The normalized spacial score (nSPS) is 23.1. The van der Waals surface area contributed by atoms with Crippen LogP contribution in [0.3, 0.4) is 0 Å². The Balaban J connectivity index is 0.939. The molecule has 5 atom stereocenters. The van der Waals surface area contributed by atoms with Gasteiger partial charge in [-0.25, -0.2) is 19.6 Å². The smallest absolute Gasteiger partial charge is 0.407 e. The van der Waals surface area contributed by atoms with Crippen LogP contribution in [0.1, 0.15) is 99.7 Å². The van der Waals surface area contributed by atoms with Gasteiger partial charge < -0.3 is 34.9 Å². The van der Waals surface area contributed by atoms with E-state index in [4.69, 9.17) is 9.98 Å². The number of fused-ring (bicyclic) bond motifs is 2. The molecule has 1 unspecified atom stereocenters. The largest absolute Gasteiger partial charge is 0.453 e. The number of amidine groups is 1. The Bertz CT molecular complexity index is 2480. The van der Waals surface area contributed by atoms with E-state index in [2.05, 4.69) is 72.6 Å². The number of carbonyl (C=O) groups excluding carboxylic acids is 5. The third kappa shape index (κ3) is 7.97. The second-order valence-electron chi connectivity index (χ2n) is 17.8. The standard InChI is InChI=1S/C48H54N8O7/c1-27(50-46(60)62-3)44(58)55-21-7-9-39(55)41-49-26-38(53-41)30-13-11-29(12-14-30)32-16-17-33(36-25-48(24-35(32)36)19-5-6-20-48)31-15-18-37-34(23-31)43(57)54-42(52-37)40-10-8-22-56(40)45(59)28(2)51-47(61)63-4/h11-18,23,26-28,31,39-40H,5-10,19-22,24-25H2,1-4H3,(H,49,53)(H,50,60)(H,51,61)/t27-,28-,31?,39-,40-/m0/s1. The van der Waals surface area contributed by atoms with Crippen molar-refractivity contribution < 1.29 is 33.4 Å². The second kappa shape index (κ2) is 17.1. The first-order chi connectivity index (χ1) is 30.5. The Morgan fingerprint density at radius 3 is 2.08 bits per heavy atom. The number of imidazole rings is 1. The molecule has 4 heterocycles. The second-order valence-corrected chi connectivity index (χ2v) is 17.8. The maximum atomic E-state index is 13.8. The Hall–Kier alpha value is -6.38. The number of aromatic amines is 1. The van der Waals surface area contributed by atoms with Crippen LogP contribution in [-0.2, 0) is 36.7 Å². The maximum absolute atomic E-state index is 13.8. The van der Waals surface area contributed by atoms with Gasteiger partial charge in [0.15, 0.2) is 5.84 Å². The lowest BCUT2D eigenvalue weighted by atomic mass is 9.81. The SMILES string of the molecule is COC(=O)N[C@@H](C)C(=O)N1CCC[C@H]1C1=NC(=O)C2=CC(c3ccc(-c4ccc(-c5cnc([C@@H]6CCCN6C(=O)[C@H](C)NC(=O)OC)[nH]5)cc4)c4c3CC3(CCCC3)C4)C=CC2=N1. The fourth-order valence-corrected chi connectivity index (χ4v) is 10.7. The van der Waals surface area contributed by atoms with Gasteiger partial charge in [-0.05, 0) is 110 Å². The van der Waals surface area contributed by atoms with Gasteiger partial charge in [-0.3, -0.25) is 14.4 Å². The number of allylic oxidation sites excluding steroid dienone is 3. The van der Waals surface area contributed by atoms with Crippen molar-refractivity contribution in [3.8, 4) is 22.4 Å². The average Bonchev–Trinajstić information content (AvgIpc) is 4.16. The first kappa shape index (κ1) is 41.9. The predicted molar refractivity (Wildman–Crippen MR) is 236 cm³/mol. The molecule has 2 aromatic carbocycles. The van der Waals surface area contributed by atoms with E-state index in [1.807, 2.05) is 18.3 Å². The molecule has 3 aliphatic carbocycles. The number of benzene rings is 2. The van der Waals surface area contributed by atoms with Crippen LogP contribution in [0.25, 0.3) is 22.4 Å². The van der Waals surface area contributed by atoms with Crippen molar-refractivity contribution in [3.05, 3.63) is 88.9 Å². The van der Waals surface area contributed by atoms with Gasteiger partial charge >= 0.3 is 12.2 Å². The maximum Gasteiger partial charge on any atom is 0.407 e. The monoisotopic (exact) mass is 854 g/mol. The van der Waals surface area contributed by atoms with Crippen molar-refractivity contribution in [3.63, 3.8) is 0 Å². The molecule has 2 saturated heterocycles. The Morgan fingerprint density at radius 1 is 0.794 bits per heavy atom. The molecule has 3 aromatic rings. The summed E-state index contributed by atoms with van der Waals surface area (Å²) in [6.07, 6.45) is 16.5. The number of hydrogen-bond donors (Lipinski definition) is 3. The molecule has 3 fully saturated rings. The molecule has 15 heteroatoms. The highest BCUT2D eigenvalue weighted by Crippen LogP contribution is 2.53. The number of nitrogens with zero attached hydrogens (tertiary/aromatic N) is 5. The van der Waals surface area contributed by atoms with E-state index in [0.29, 0.717) is 36.6 Å². The number of hydrogen-bond acceptors (Lipinski definition) is 9. The number of rotatable bonds is 9. The molecule has 63 heavy (non-hydrogen) atoms. The topological polar surface area (TPSA) is 188 Å². The van der Waals surface area contributed by atoms with Gasteiger partial charge in [-0.1, -0.05) is 61.4 Å². The van der Waals surface area contributed by atoms with E-state index >= 15 is 0 Å². The minimum Gasteiger partial charge on any atom is -0.453 e. The number of carbonyl (C=O) groups is 5. The highest BCUT2D eigenvalue weighted by Gasteiger charge is 2.43. The van der Waals surface area contributed by atoms with Gasteiger partial charge in [-0.15, -0.1) is 0 Å². The number of H-pyrrole nitrogens is 1. The van der Waals surface area contributed by atoms with Gasteiger partial charge in [0.1, 0.15) is 17.9 Å². The lowest BCUT2D eigenvalue weighted by molar-refractivity contribution is -0.134. The number of aliphatic imine (C=N–C) groups is 2. The number of alkyl carbamates (subject to hydrolysis) is 2. The quantitative estimate of drug-likeness (QED) is 0.217. The van der Waals surface area contributed by atoms with Crippen LogP contribution in [0.4, 0.5) is 9.59 Å². The first-order valence-corrected chi connectivity index (χ1v) is 22.2. The fourth-order valence-electron chi connectivity index (χ4n) is 10.7. The van der Waals surface area contributed by atoms with E-state index in [0.717, 1.165) is 54.7 Å². The summed E-state index contributed by atoms with van der Waals surface area (Å²) < 4.78 is 9.36. The van der Waals surface area contributed by atoms with E-state index in [1.54, 1.807) is 23.6 Å². The number of likely N-dealkylation sites (tertiary alicyclic amines) is 2. The molecular formula is C48H54N8O7. The minimum atomic E-state index is -0.799. The molecule has 5 amide bonds. The van der Waals surface area contributed by atoms with Crippen LogP contribution in [0.15, 0.2) is 76.4 Å². The van der Waals surface area contributed by atoms with Crippen LogP contribution >= 0.6 is 0 Å². The molecule has 3 N–H and O–H groups in total. The van der Waals surface area contributed by atoms with Gasteiger partial charge in [-0.2, -0.15) is 4.99 Å². The Kier molecular flexibility index (Phi) is 11.4. The van der Waals surface area contributed by atoms with Crippen LogP contribution < -0.4 is 10.6 Å². The molecule has 0 bridgehead atoms. The van der Waals surface area contributed by atoms with Crippen molar-refractivity contribution >= 4 is 41.5 Å². The van der Waals surface area contributed by atoms with Crippen molar-refractivity contribution in [1.29, 1.82) is 0 Å². The van der Waals surface area contributed by atoms with Gasteiger partial charge in [0, 0.05) is 19.0 Å². The van der Waals surface area contributed by atoms with E-state index in [1.165, 1.54) is 62.2 Å². The summed E-state index contributed by atoms with van der Waals surface area (Å²) in [5, 5.41) is 5.12. The molecule has 3 aliphatic heterocycles. The Morgan fingerprint density at radius 2 is 1.41 bits per heavy atom. The van der Waals surface area contributed by atoms with Crippen molar-refractivity contribution in [2.75, 3.05) is 27.3 Å². The molecule has 1 saturated carbocycles. The molecule has 328 valence electrons. The average molecular weight is 855 g/mol. The van der Waals surface area contributed by atoms with Crippen molar-refractivity contribution in [2.24, 2.45) is 15.4 Å². The molecule has 0 radical (unpaired) electrons. The third-order valence-corrected chi connectivity index (χ3v) is 13.9. The van der Waals surface area contributed by atoms with Crippen molar-refractivity contribution in [2.45, 2.75) is 108 Å². The van der Waals surface area contributed by atoms with Crippen molar-refractivity contribution in [1.82, 2.24) is 30.4 Å². The van der Waals surface area contributed by atoms with Crippen LogP contribution in [-0.4, -0.2) is 107 Å². The number of nitrogens with one attached hydrogen (secondary N) is 3. The fraction of sp³-hybridized carbons (Fsp3) is 0.458. The molecule has 6 aliphatic rings. The number of amides is 5. The molecule has 15 nitrogen and oxygen atoms in total. The number of aromatic nitrogens is 2. The first-order valence-electron chi connectivity index (χ1n) is 22.2. The molecule has 1 spiro atoms. The minimum absolute atomic E-state index is 0.121. The van der Waals surface area contributed by atoms with Crippen LogP contribution in [0.5, 0.6) is 0 Å². The number of methoxy groups -OCH3 is 2. The lowest BCUT2D eigenvalue weighted by Gasteiger charge is -2.29. The van der Waals surface area contributed by atoms with Gasteiger partial charge in [0.25, 0.3) is 5.91 Å². The summed E-state index contributed by atoms with van der Waals surface area (Å²) in [6.45, 7) is 4.35. The molecule has 1 aromatic heterocycles. The van der Waals surface area contributed by atoms with Gasteiger partial charge in [0.2, 0.25) is 11.8 Å². The summed E-state index contributed by atoms with van der Waals surface area (Å²) in [6, 6.07) is 10.9. The Labute approximate surface area is 366 Å². The number of ether oxygens (including phenoxy) is 2. The molecular weight excluding hydrogens is 801 g/mol. The zero-order chi connectivity index (χ0) is 44.0. The van der Waals surface area contributed by atoms with Crippen LogP contribution in [0.2, 0.25) is 0 Å². The summed E-state index contributed by atoms with van der Waals surface area (Å²) in [5.41, 5.74) is 9.48. The van der Waals surface area contributed by atoms with E-state index in [-0.39, 0.29) is 35.1 Å². The highest BCUT2D eigenvalue weighted by atomic mass is 16.5. The van der Waals surface area contributed by atoms with Gasteiger partial charge in [0.05, 0.1) is 49.5 Å². The third-order valence-electron chi connectivity index (χ3n) is 13.9. The predicted octanol–water partition coefficient (Wildman–Crippen LogP) is 6.51. The van der Waals surface area contributed by atoms with E-state index in [9.17, 15) is 24.0 Å². The summed E-state index contributed by atoms with van der Waals surface area (Å²) in [4.78, 5) is 84.8. The zero-order valence-corrected chi connectivity index (χ0v) is 36.2. The highest BCUT2D eigenvalue weighted by molar-refractivity contribution is 6.33.